The maximum absolute atomic E-state index is 10.9. The largest absolute Gasteiger partial charge is 0.493 e. The fourth-order valence-corrected chi connectivity index (χ4v) is 1.77. The summed E-state index contributed by atoms with van der Waals surface area (Å²) in [7, 11) is 1.43. The lowest BCUT2D eigenvalue weighted by Gasteiger charge is -2.13. The van der Waals surface area contributed by atoms with Crippen LogP contribution in [0, 0.1) is 5.92 Å². The molecule has 0 saturated heterocycles. The molecule has 0 amide bonds. The van der Waals surface area contributed by atoms with E-state index in [0.717, 1.165) is 0 Å². The average Bonchev–Trinajstić information content (AvgIpc) is 2.38. The van der Waals surface area contributed by atoms with Crippen LogP contribution in [-0.4, -0.2) is 38.0 Å². The van der Waals surface area contributed by atoms with Crippen LogP contribution in [-0.2, 0) is 4.74 Å². The number of rotatable bonds is 8. The van der Waals surface area contributed by atoms with E-state index >= 15 is 0 Å². The van der Waals surface area contributed by atoms with Gasteiger partial charge in [0.15, 0.2) is 11.5 Å². The molecule has 0 bridgehead atoms. The van der Waals surface area contributed by atoms with Gasteiger partial charge in [0.05, 0.1) is 24.3 Å². The molecule has 1 aromatic carbocycles. The molecular formula is C14H19ClO5. The Morgan fingerprint density at radius 1 is 1.35 bits per heavy atom. The Kier molecular flexibility index (Phi) is 6.61. The van der Waals surface area contributed by atoms with Crippen molar-refractivity contribution < 1.29 is 24.1 Å². The lowest BCUT2D eigenvalue weighted by Crippen LogP contribution is -2.11. The third-order valence-electron chi connectivity index (χ3n) is 2.40. The van der Waals surface area contributed by atoms with Crippen LogP contribution in [0.25, 0.3) is 0 Å². The molecule has 0 unspecified atom stereocenters. The van der Waals surface area contributed by atoms with Gasteiger partial charge in [-0.3, -0.25) is 0 Å². The topological polar surface area (TPSA) is 65.0 Å². The molecule has 1 aromatic rings. The summed E-state index contributed by atoms with van der Waals surface area (Å²) in [6.45, 7) is 5.52. The summed E-state index contributed by atoms with van der Waals surface area (Å²) >= 11 is 6.01. The van der Waals surface area contributed by atoms with Gasteiger partial charge in [0, 0.05) is 6.61 Å². The van der Waals surface area contributed by atoms with E-state index in [2.05, 4.69) is 13.8 Å². The smallest absolute Gasteiger partial charge is 0.335 e. The summed E-state index contributed by atoms with van der Waals surface area (Å²) in [5.41, 5.74) is 0.0512. The fourth-order valence-electron chi connectivity index (χ4n) is 1.51. The molecule has 0 saturated carbocycles. The molecule has 6 heteroatoms. The van der Waals surface area contributed by atoms with E-state index in [1.165, 1.54) is 19.2 Å². The Hall–Kier alpha value is -1.46. The Balaban J connectivity index is 2.67. The van der Waals surface area contributed by atoms with Crippen molar-refractivity contribution in [2.24, 2.45) is 5.92 Å². The Bertz CT molecular complexity index is 459. The minimum absolute atomic E-state index is 0.0512. The van der Waals surface area contributed by atoms with E-state index in [1.54, 1.807) is 0 Å². The van der Waals surface area contributed by atoms with Crippen LogP contribution >= 0.6 is 11.6 Å². The van der Waals surface area contributed by atoms with E-state index in [9.17, 15) is 4.79 Å². The zero-order valence-corrected chi connectivity index (χ0v) is 12.6. The highest BCUT2D eigenvalue weighted by Crippen LogP contribution is 2.36. The molecule has 1 N–H and O–H groups in total. The van der Waals surface area contributed by atoms with Crippen LogP contribution < -0.4 is 9.47 Å². The van der Waals surface area contributed by atoms with Crippen LogP contribution in [0.3, 0.4) is 0 Å². The van der Waals surface area contributed by atoms with Crippen molar-refractivity contribution in [3.63, 3.8) is 0 Å². The predicted molar refractivity (Wildman–Crippen MR) is 76.1 cm³/mol. The molecule has 0 aliphatic rings. The van der Waals surface area contributed by atoms with Gasteiger partial charge in [-0.05, 0) is 18.1 Å². The second-order valence-electron chi connectivity index (χ2n) is 4.61. The number of halogens is 1. The zero-order chi connectivity index (χ0) is 15.1. The first-order valence-corrected chi connectivity index (χ1v) is 6.64. The van der Waals surface area contributed by atoms with E-state index in [0.29, 0.717) is 37.2 Å². The fraction of sp³-hybridized carbons (Fsp3) is 0.500. The molecule has 0 aromatic heterocycles. The van der Waals surface area contributed by atoms with Gasteiger partial charge in [0.25, 0.3) is 0 Å². The number of ether oxygens (including phenoxy) is 3. The number of methoxy groups -OCH3 is 1. The maximum atomic E-state index is 10.9. The van der Waals surface area contributed by atoms with Crippen molar-refractivity contribution in [1.82, 2.24) is 0 Å². The second kappa shape index (κ2) is 7.97. The number of hydrogen-bond donors (Lipinski definition) is 1. The molecule has 0 fully saturated rings. The highest BCUT2D eigenvalue weighted by Gasteiger charge is 2.15. The molecule has 1 rings (SSSR count). The third-order valence-corrected chi connectivity index (χ3v) is 2.68. The van der Waals surface area contributed by atoms with Crippen LogP contribution in [0.5, 0.6) is 11.5 Å². The minimum Gasteiger partial charge on any atom is -0.493 e. The number of hydrogen-bond acceptors (Lipinski definition) is 4. The van der Waals surface area contributed by atoms with Gasteiger partial charge >= 0.3 is 5.97 Å². The standard InChI is InChI=1S/C14H19ClO5/c1-9(2)8-19-4-5-20-13-11(15)6-10(14(16)17)7-12(13)18-3/h6-7,9H,4-5,8H2,1-3H3,(H,16,17). The first kappa shape index (κ1) is 16.6. The molecule has 0 aliphatic carbocycles. The SMILES string of the molecule is COc1cc(C(=O)O)cc(Cl)c1OCCOCC(C)C. The molecule has 0 atom stereocenters. The quantitative estimate of drug-likeness (QED) is 0.748. The molecule has 0 spiro atoms. The lowest BCUT2D eigenvalue weighted by atomic mass is 10.2. The Morgan fingerprint density at radius 2 is 2.05 bits per heavy atom. The number of benzene rings is 1. The van der Waals surface area contributed by atoms with E-state index in [4.69, 9.17) is 30.9 Å². The van der Waals surface area contributed by atoms with Crippen molar-refractivity contribution in [3.05, 3.63) is 22.7 Å². The number of carboxylic acid groups (broad SMARTS) is 1. The monoisotopic (exact) mass is 302 g/mol. The molecule has 0 heterocycles. The third kappa shape index (κ3) is 4.90. The van der Waals surface area contributed by atoms with Gasteiger partial charge in [-0.1, -0.05) is 25.4 Å². The van der Waals surface area contributed by atoms with Gasteiger partial charge in [0.1, 0.15) is 6.61 Å². The molecule has 0 radical (unpaired) electrons. The van der Waals surface area contributed by atoms with Crippen molar-refractivity contribution in [1.29, 1.82) is 0 Å². The average molecular weight is 303 g/mol. The van der Waals surface area contributed by atoms with Gasteiger partial charge in [-0.25, -0.2) is 4.79 Å². The summed E-state index contributed by atoms with van der Waals surface area (Å²) in [5.74, 6) is 0.00561. The molecular weight excluding hydrogens is 284 g/mol. The van der Waals surface area contributed by atoms with Crippen LogP contribution in [0.2, 0.25) is 5.02 Å². The van der Waals surface area contributed by atoms with Crippen LogP contribution in [0.1, 0.15) is 24.2 Å². The summed E-state index contributed by atoms with van der Waals surface area (Å²) in [5, 5.41) is 9.14. The Morgan fingerprint density at radius 3 is 2.60 bits per heavy atom. The maximum Gasteiger partial charge on any atom is 0.335 e. The highest BCUT2D eigenvalue weighted by atomic mass is 35.5. The van der Waals surface area contributed by atoms with Crippen LogP contribution in [0.15, 0.2) is 12.1 Å². The minimum atomic E-state index is -1.07. The molecule has 20 heavy (non-hydrogen) atoms. The van der Waals surface area contributed by atoms with Gasteiger partial charge in [-0.15, -0.1) is 0 Å². The summed E-state index contributed by atoms with van der Waals surface area (Å²) in [6, 6.07) is 2.70. The summed E-state index contributed by atoms with van der Waals surface area (Å²) < 4.78 is 16.0. The number of carbonyl (C=O) groups is 1. The van der Waals surface area contributed by atoms with Crippen molar-refractivity contribution in [2.75, 3.05) is 26.9 Å². The lowest BCUT2D eigenvalue weighted by molar-refractivity contribution is 0.0695. The van der Waals surface area contributed by atoms with Crippen molar-refractivity contribution in [3.8, 4) is 11.5 Å². The highest BCUT2D eigenvalue weighted by molar-refractivity contribution is 6.32. The molecule has 112 valence electrons. The zero-order valence-electron chi connectivity index (χ0n) is 11.8. The normalized spacial score (nSPS) is 10.7. The van der Waals surface area contributed by atoms with Gasteiger partial charge < -0.3 is 19.3 Å². The van der Waals surface area contributed by atoms with E-state index < -0.39 is 5.97 Å². The summed E-state index contributed by atoms with van der Waals surface area (Å²) in [4.78, 5) is 10.9. The van der Waals surface area contributed by atoms with Gasteiger partial charge in [0.2, 0.25) is 0 Å². The number of carboxylic acids is 1. The predicted octanol–water partition coefficient (Wildman–Crippen LogP) is 3.10. The summed E-state index contributed by atoms with van der Waals surface area (Å²) in [6.07, 6.45) is 0. The molecule has 0 aliphatic heterocycles. The van der Waals surface area contributed by atoms with E-state index in [-0.39, 0.29) is 10.6 Å². The molecule has 5 nitrogen and oxygen atoms in total. The van der Waals surface area contributed by atoms with Crippen molar-refractivity contribution in [2.45, 2.75) is 13.8 Å². The van der Waals surface area contributed by atoms with E-state index in [1.807, 2.05) is 0 Å². The van der Waals surface area contributed by atoms with Gasteiger partial charge in [-0.2, -0.15) is 0 Å². The van der Waals surface area contributed by atoms with Crippen LogP contribution in [0.4, 0.5) is 0 Å². The van der Waals surface area contributed by atoms with Crippen molar-refractivity contribution >= 4 is 17.6 Å². The first-order chi connectivity index (χ1) is 9.45. The second-order valence-corrected chi connectivity index (χ2v) is 5.02. The first-order valence-electron chi connectivity index (χ1n) is 6.27. The Labute approximate surface area is 123 Å². The number of aromatic carboxylic acids is 1.